The van der Waals surface area contributed by atoms with Crippen LogP contribution in [0, 0.1) is 0 Å². The predicted octanol–water partition coefficient (Wildman–Crippen LogP) is 3.16. The summed E-state index contributed by atoms with van der Waals surface area (Å²) in [6.07, 6.45) is 0.182. The monoisotopic (exact) mass is 316 g/mol. The van der Waals surface area contributed by atoms with Gasteiger partial charge in [0.25, 0.3) is 0 Å². The average Bonchev–Trinajstić information content (AvgIpc) is 2.71. The molecule has 0 saturated carbocycles. The van der Waals surface area contributed by atoms with E-state index in [9.17, 15) is 9.59 Å². The van der Waals surface area contributed by atoms with Crippen molar-refractivity contribution >= 4 is 40.9 Å². The summed E-state index contributed by atoms with van der Waals surface area (Å²) in [5, 5.41) is 3.54. The summed E-state index contributed by atoms with van der Waals surface area (Å²) >= 11 is 11.7. The molecular weight excluding hydrogens is 303 g/mol. The van der Waals surface area contributed by atoms with E-state index in [1.165, 1.54) is 4.90 Å². The number of hydrogen-bond donors (Lipinski definition) is 1. The van der Waals surface area contributed by atoms with Crippen LogP contribution in [0.4, 0.5) is 10.5 Å². The number of amides is 2. The highest BCUT2D eigenvalue weighted by Crippen LogP contribution is 2.25. The Morgan fingerprint density at radius 1 is 1.45 bits per heavy atom. The molecule has 0 aliphatic carbocycles. The van der Waals surface area contributed by atoms with Crippen molar-refractivity contribution in [3.05, 3.63) is 28.2 Å². The Hall–Kier alpha value is -1.46. The van der Waals surface area contributed by atoms with Crippen LogP contribution in [-0.2, 0) is 9.53 Å². The number of nitrogens with zero attached hydrogens (tertiary/aromatic N) is 1. The summed E-state index contributed by atoms with van der Waals surface area (Å²) in [4.78, 5) is 24.4. The van der Waals surface area contributed by atoms with E-state index >= 15 is 0 Å². The lowest BCUT2D eigenvalue weighted by Crippen LogP contribution is -2.20. The molecular formula is C13H14Cl2N2O3. The van der Waals surface area contributed by atoms with Gasteiger partial charge in [-0.25, -0.2) is 4.79 Å². The third kappa shape index (κ3) is 3.77. The molecule has 0 radical (unpaired) electrons. The molecule has 1 heterocycles. The predicted molar refractivity (Wildman–Crippen MR) is 77.2 cm³/mol. The fourth-order valence-corrected chi connectivity index (χ4v) is 2.19. The second-order valence-electron chi connectivity index (χ2n) is 4.60. The number of halogens is 2. The molecule has 1 aromatic rings. The number of hydrogen-bond acceptors (Lipinski definition) is 3. The zero-order chi connectivity index (χ0) is 14.7. The first-order valence-electron chi connectivity index (χ1n) is 6.12. The first-order valence-corrected chi connectivity index (χ1v) is 6.88. The van der Waals surface area contributed by atoms with Crippen molar-refractivity contribution in [1.82, 2.24) is 4.90 Å². The number of anilines is 1. The molecule has 20 heavy (non-hydrogen) atoms. The van der Waals surface area contributed by atoms with Gasteiger partial charge in [0.15, 0.2) is 0 Å². The first kappa shape index (κ1) is 14.9. The molecule has 5 nitrogen and oxygen atoms in total. The maximum atomic E-state index is 11.8. The molecule has 1 atom stereocenters. The van der Waals surface area contributed by atoms with Crippen molar-refractivity contribution in [3.8, 4) is 0 Å². The van der Waals surface area contributed by atoms with E-state index < -0.39 is 0 Å². The normalized spacial score (nSPS) is 18.1. The zero-order valence-electron chi connectivity index (χ0n) is 10.9. The Morgan fingerprint density at radius 2 is 2.20 bits per heavy atom. The molecule has 2 rings (SSSR count). The SMILES string of the molecule is CN1CC(CCC(=O)Nc2ccc(Cl)c(Cl)c2)OC1=O. The number of nitrogens with one attached hydrogen (secondary N) is 1. The third-order valence-corrected chi connectivity index (χ3v) is 3.69. The van der Waals surface area contributed by atoms with E-state index in [0.29, 0.717) is 28.7 Å². The van der Waals surface area contributed by atoms with Gasteiger partial charge in [-0.1, -0.05) is 23.2 Å². The van der Waals surface area contributed by atoms with E-state index in [0.717, 1.165) is 0 Å². The highest BCUT2D eigenvalue weighted by atomic mass is 35.5. The maximum absolute atomic E-state index is 11.8. The molecule has 1 unspecified atom stereocenters. The Morgan fingerprint density at radius 3 is 2.80 bits per heavy atom. The molecule has 7 heteroatoms. The lowest BCUT2D eigenvalue weighted by atomic mass is 10.2. The number of carbonyl (C=O) groups excluding carboxylic acids is 2. The number of likely N-dealkylation sites (N-methyl/N-ethyl adjacent to an activating group) is 1. The average molecular weight is 317 g/mol. The Bertz CT molecular complexity index is 536. The highest BCUT2D eigenvalue weighted by molar-refractivity contribution is 6.42. The number of benzene rings is 1. The van der Waals surface area contributed by atoms with Crippen molar-refractivity contribution in [2.24, 2.45) is 0 Å². The molecule has 2 amide bonds. The quantitative estimate of drug-likeness (QED) is 0.928. The summed E-state index contributed by atoms with van der Waals surface area (Å²) in [5.41, 5.74) is 0.588. The molecule has 0 aromatic heterocycles. The molecule has 108 valence electrons. The minimum Gasteiger partial charge on any atom is -0.444 e. The lowest BCUT2D eigenvalue weighted by molar-refractivity contribution is -0.116. The van der Waals surface area contributed by atoms with Gasteiger partial charge in [0.05, 0.1) is 16.6 Å². The van der Waals surface area contributed by atoms with Crippen LogP contribution in [-0.4, -0.2) is 36.6 Å². The standard InChI is InChI=1S/C13H14Cl2N2O3/c1-17-7-9(20-13(17)19)3-5-12(18)16-8-2-4-10(14)11(15)6-8/h2,4,6,9H,3,5,7H2,1H3,(H,16,18). The summed E-state index contributed by atoms with van der Waals surface area (Å²) in [6.45, 7) is 0.513. The number of carbonyl (C=O) groups is 2. The van der Waals surface area contributed by atoms with Crippen LogP contribution in [0.15, 0.2) is 18.2 Å². The van der Waals surface area contributed by atoms with Crippen molar-refractivity contribution in [2.45, 2.75) is 18.9 Å². The molecule has 1 N–H and O–H groups in total. The summed E-state index contributed by atoms with van der Waals surface area (Å²) in [6, 6.07) is 4.88. The van der Waals surface area contributed by atoms with E-state index in [1.54, 1.807) is 25.2 Å². The van der Waals surface area contributed by atoms with Gasteiger partial charge in [0.1, 0.15) is 6.10 Å². The van der Waals surface area contributed by atoms with Gasteiger partial charge in [0, 0.05) is 19.2 Å². The van der Waals surface area contributed by atoms with Crippen LogP contribution in [0.1, 0.15) is 12.8 Å². The Labute approximate surface area is 126 Å². The maximum Gasteiger partial charge on any atom is 0.409 e. The molecule has 1 fully saturated rings. The minimum atomic E-state index is -0.347. The van der Waals surface area contributed by atoms with Gasteiger partial charge in [-0.15, -0.1) is 0 Å². The summed E-state index contributed by atoms with van der Waals surface area (Å²) in [7, 11) is 1.66. The second-order valence-corrected chi connectivity index (χ2v) is 5.42. The number of ether oxygens (including phenoxy) is 1. The van der Waals surface area contributed by atoms with E-state index in [-0.39, 0.29) is 24.5 Å². The van der Waals surface area contributed by atoms with Crippen molar-refractivity contribution in [2.75, 3.05) is 18.9 Å². The topological polar surface area (TPSA) is 58.6 Å². The summed E-state index contributed by atoms with van der Waals surface area (Å²) < 4.78 is 5.08. The summed E-state index contributed by atoms with van der Waals surface area (Å²) in [5.74, 6) is -0.158. The van der Waals surface area contributed by atoms with E-state index in [4.69, 9.17) is 27.9 Å². The fourth-order valence-electron chi connectivity index (χ4n) is 1.89. The van der Waals surface area contributed by atoms with Crippen LogP contribution in [0.2, 0.25) is 10.0 Å². The van der Waals surface area contributed by atoms with E-state index in [2.05, 4.69) is 5.32 Å². The van der Waals surface area contributed by atoms with Crippen LogP contribution in [0.25, 0.3) is 0 Å². The molecule has 1 saturated heterocycles. The van der Waals surface area contributed by atoms with Gasteiger partial charge in [-0.3, -0.25) is 4.79 Å². The van der Waals surface area contributed by atoms with Gasteiger partial charge in [0.2, 0.25) is 5.91 Å². The Balaban J connectivity index is 1.81. The van der Waals surface area contributed by atoms with Gasteiger partial charge >= 0.3 is 6.09 Å². The molecule has 0 spiro atoms. The van der Waals surface area contributed by atoms with Crippen LogP contribution < -0.4 is 5.32 Å². The number of cyclic esters (lactones) is 1. The van der Waals surface area contributed by atoms with E-state index in [1.807, 2.05) is 0 Å². The van der Waals surface area contributed by atoms with Crippen LogP contribution in [0.3, 0.4) is 0 Å². The molecule has 0 bridgehead atoms. The molecule has 1 aliphatic heterocycles. The fraction of sp³-hybridized carbons (Fsp3) is 0.385. The highest BCUT2D eigenvalue weighted by Gasteiger charge is 2.28. The van der Waals surface area contributed by atoms with Crippen LogP contribution >= 0.6 is 23.2 Å². The minimum absolute atomic E-state index is 0.158. The zero-order valence-corrected chi connectivity index (χ0v) is 12.4. The first-order chi connectivity index (χ1) is 9.45. The molecule has 1 aliphatic rings. The largest absolute Gasteiger partial charge is 0.444 e. The van der Waals surface area contributed by atoms with Crippen molar-refractivity contribution in [3.63, 3.8) is 0 Å². The third-order valence-electron chi connectivity index (χ3n) is 2.95. The van der Waals surface area contributed by atoms with Gasteiger partial charge < -0.3 is 15.0 Å². The van der Waals surface area contributed by atoms with Crippen LogP contribution in [0.5, 0.6) is 0 Å². The lowest BCUT2D eigenvalue weighted by Gasteiger charge is -2.09. The Kier molecular flexibility index (Phi) is 4.73. The van der Waals surface area contributed by atoms with Gasteiger partial charge in [-0.05, 0) is 24.6 Å². The van der Waals surface area contributed by atoms with Crippen molar-refractivity contribution in [1.29, 1.82) is 0 Å². The smallest absolute Gasteiger partial charge is 0.409 e. The van der Waals surface area contributed by atoms with Gasteiger partial charge in [-0.2, -0.15) is 0 Å². The molecule has 1 aromatic carbocycles. The second kappa shape index (κ2) is 6.33. The van der Waals surface area contributed by atoms with Crippen molar-refractivity contribution < 1.29 is 14.3 Å². The number of rotatable bonds is 4.